The van der Waals surface area contributed by atoms with Crippen LogP contribution < -0.4 is 16.4 Å². The van der Waals surface area contributed by atoms with Crippen LogP contribution in [0.2, 0.25) is 0 Å². The van der Waals surface area contributed by atoms with E-state index in [1.165, 1.54) is 6.07 Å². The molecular formula is C17H20BrFN6O2. The van der Waals surface area contributed by atoms with Gasteiger partial charge in [0.1, 0.15) is 11.6 Å². The monoisotopic (exact) mass is 438 g/mol. The highest BCUT2D eigenvalue weighted by Crippen LogP contribution is 2.23. The van der Waals surface area contributed by atoms with Crippen LogP contribution in [-0.4, -0.2) is 39.1 Å². The number of halogens is 2. The molecule has 1 saturated carbocycles. The van der Waals surface area contributed by atoms with Crippen LogP contribution in [0.4, 0.5) is 10.3 Å². The zero-order valence-corrected chi connectivity index (χ0v) is 16.3. The molecule has 1 heterocycles. The van der Waals surface area contributed by atoms with E-state index in [1.54, 1.807) is 13.0 Å². The van der Waals surface area contributed by atoms with E-state index in [-0.39, 0.29) is 35.9 Å². The zero-order chi connectivity index (χ0) is 19.6. The number of nitrogens with zero attached hydrogens (tertiary/aromatic N) is 2. The second kappa shape index (κ2) is 8.03. The van der Waals surface area contributed by atoms with E-state index in [9.17, 15) is 14.0 Å². The summed E-state index contributed by atoms with van der Waals surface area (Å²) in [5, 5.41) is 12.0. The smallest absolute Gasteiger partial charge is 0.254 e. The van der Waals surface area contributed by atoms with Crippen molar-refractivity contribution in [3.63, 3.8) is 0 Å². The van der Waals surface area contributed by atoms with Crippen LogP contribution in [0.15, 0.2) is 16.6 Å². The van der Waals surface area contributed by atoms with E-state index in [1.807, 2.05) is 0 Å². The second-order valence-electron chi connectivity index (χ2n) is 6.58. The summed E-state index contributed by atoms with van der Waals surface area (Å²) in [5.41, 5.74) is 5.98. The van der Waals surface area contributed by atoms with Crippen molar-refractivity contribution < 1.29 is 14.0 Å². The van der Waals surface area contributed by atoms with E-state index in [0.29, 0.717) is 22.3 Å². The third kappa shape index (κ3) is 4.62. The normalized spacial score (nSPS) is 19.1. The van der Waals surface area contributed by atoms with Crippen molar-refractivity contribution in [3.8, 4) is 0 Å². The molecule has 1 aliphatic rings. The summed E-state index contributed by atoms with van der Waals surface area (Å²) in [5.74, 6) is -0.859. The van der Waals surface area contributed by atoms with Gasteiger partial charge < -0.3 is 16.4 Å². The van der Waals surface area contributed by atoms with E-state index in [4.69, 9.17) is 5.73 Å². The number of carbonyl (C=O) groups excluding carboxylic acids is 2. The van der Waals surface area contributed by atoms with Gasteiger partial charge in [-0.3, -0.25) is 14.7 Å². The fourth-order valence-electron chi connectivity index (χ4n) is 3.33. The van der Waals surface area contributed by atoms with Crippen molar-refractivity contribution in [2.75, 3.05) is 5.73 Å². The number of amides is 2. The largest absolute Gasteiger partial charge is 0.367 e. The predicted octanol–water partition coefficient (Wildman–Crippen LogP) is 1.61. The molecule has 0 spiro atoms. The van der Waals surface area contributed by atoms with E-state index >= 15 is 0 Å². The second-order valence-corrected chi connectivity index (χ2v) is 7.50. The summed E-state index contributed by atoms with van der Waals surface area (Å²) in [7, 11) is 0. The number of anilines is 1. The summed E-state index contributed by atoms with van der Waals surface area (Å²) in [6, 6.07) is 2.47. The van der Waals surface area contributed by atoms with Gasteiger partial charge in [-0.1, -0.05) is 15.9 Å². The summed E-state index contributed by atoms with van der Waals surface area (Å²) in [6.07, 6.45) is 2.31. The number of nitrogens with two attached hydrogens (primary N) is 1. The Bertz CT molecular complexity index is 848. The SMILES string of the molecule is Cc1cc(Br)cc(F)c1C(=O)N[C@H]1CCC[C@H]1NC(=O)Cc1nc(N)n[nH]1. The highest BCUT2D eigenvalue weighted by Gasteiger charge is 2.31. The molecule has 1 aromatic heterocycles. The fourth-order valence-corrected chi connectivity index (χ4v) is 3.88. The lowest BCUT2D eigenvalue weighted by molar-refractivity contribution is -0.121. The standard InChI is InChI=1S/C17H20BrFN6O2/c1-8-5-9(18)6-10(19)15(8)16(27)22-12-4-2-3-11(12)21-14(26)7-13-23-17(20)25-24-13/h5-6,11-12H,2-4,7H2,1H3,(H,21,26)(H,22,27)(H3,20,23,24,25)/t11-,12+/m1/s1. The van der Waals surface area contributed by atoms with Crippen molar-refractivity contribution in [2.45, 2.75) is 44.7 Å². The number of aryl methyl sites for hydroxylation is 1. The van der Waals surface area contributed by atoms with Crippen LogP contribution in [0.5, 0.6) is 0 Å². The van der Waals surface area contributed by atoms with Gasteiger partial charge in [-0.2, -0.15) is 4.98 Å². The average molecular weight is 439 g/mol. The average Bonchev–Trinajstić information content (AvgIpc) is 3.15. The maximum atomic E-state index is 14.2. The molecule has 1 aromatic carbocycles. The molecule has 0 aliphatic heterocycles. The molecule has 2 aromatic rings. The van der Waals surface area contributed by atoms with E-state index in [2.05, 4.69) is 41.7 Å². The molecule has 0 unspecified atom stereocenters. The quantitative estimate of drug-likeness (QED) is 0.563. The highest BCUT2D eigenvalue weighted by molar-refractivity contribution is 9.10. The highest BCUT2D eigenvalue weighted by atomic mass is 79.9. The third-order valence-electron chi connectivity index (χ3n) is 4.54. The number of aromatic nitrogens is 3. The molecule has 3 rings (SSSR count). The third-order valence-corrected chi connectivity index (χ3v) is 4.99. The number of benzene rings is 1. The Morgan fingerprint density at radius 3 is 2.67 bits per heavy atom. The van der Waals surface area contributed by atoms with Crippen molar-refractivity contribution >= 4 is 33.7 Å². The van der Waals surface area contributed by atoms with Gasteiger partial charge in [-0.15, -0.1) is 5.10 Å². The van der Waals surface area contributed by atoms with E-state index < -0.39 is 11.7 Å². The Labute approximate surface area is 163 Å². The maximum Gasteiger partial charge on any atom is 0.254 e. The Hall–Kier alpha value is -2.49. The maximum absolute atomic E-state index is 14.2. The molecule has 1 fully saturated rings. The van der Waals surface area contributed by atoms with Crippen molar-refractivity contribution in [1.29, 1.82) is 0 Å². The number of nitrogen functional groups attached to an aromatic ring is 1. The van der Waals surface area contributed by atoms with Crippen molar-refractivity contribution in [3.05, 3.63) is 39.4 Å². The first kappa shape index (κ1) is 19.3. The molecule has 0 radical (unpaired) electrons. The van der Waals surface area contributed by atoms with E-state index in [0.717, 1.165) is 12.8 Å². The summed E-state index contributed by atoms with van der Waals surface area (Å²) in [4.78, 5) is 28.7. The topological polar surface area (TPSA) is 126 Å². The minimum absolute atomic E-state index is 0.0157. The Morgan fingerprint density at radius 1 is 1.33 bits per heavy atom. The molecule has 27 heavy (non-hydrogen) atoms. The molecule has 1 aliphatic carbocycles. The lowest BCUT2D eigenvalue weighted by Gasteiger charge is -2.22. The number of nitrogens with one attached hydrogen (secondary N) is 3. The molecule has 144 valence electrons. The molecule has 0 saturated heterocycles. The lowest BCUT2D eigenvalue weighted by Crippen LogP contribution is -2.49. The number of aromatic amines is 1. The van der Waals surface area contributed by atoms with Crippen LogP contribution in [0.25, 0.3) is 0 Å². The molecule has 2 atom stereocenters. The first-order valence-electron chi connectivity index (χ1n) is 8.56. The van der Waals surface area contributed by atoms with Gasteiger partial charge >= 0.3 is 0 Å². The van der Waals surface area contributed by atoms with Crippen LogP contribution in [-0.2, 0) is 11.2 Å². The number of carbonyl (C=O) groups is 2. The van der Waals surface area contributed by atoms with Gasteiger partial charge in [0, 0.05) is 16.6 Å². The minimum Gasteiger partial charge on any atom is -0.367 e. The molecular weight excluding hydrogens is 419 g/mol. The molecule has 5 N–H and O–H groups in total. The first-order chi connectivity index (χ1) is 12.8. The van der Waals surface area contributed by atoms with Gasteiger partial charge in [0.25, 0.3) is 5.91 Å². The summed E-state index contributed by atoms with van der Waals surface area (Å²) in [6.45, 7) is 1.68. The number of hydrogen-bond donors (Lipinski definition) is 4. The summed E-state index contributed by atoms with van der Waals surface area (Å²) >= 11 is 3.21. The van der Waals surface area contributed by atoms with Gasteiger partial charge in [0.15, 0.2) is 0 Å². The molecule has 0 bridgehead atoms. The van der Waals surface area contributed by atoms with Crippen molar-refractivity contribution in [2.24, 2.45) is 0 Å². The van der Waals surface area contributed by atoms with Crippen LogP contribution in [0.3, 0.4) is 0 Å². The van der Waals surface area contributed by atoms with Crippen molar-refractivity contribution in [1.82, 2.24) is 25.8 Å². The van der Waals surface area contributed by atoms with Crippen LogP contribution >= 0.6 is 15.9 Å². The molecule has 8 nitrogen and oxygen atoms in total. The van der Waals surface area contributed by atoms with Crippen LogP contribution in [0, 0.1) is 12.7 Å². The molecule has 2 amide bonds. The van der Waals surface area contributed by atoms with Crippen LogP contribution in [0.1, 0.15) is 41.0 Å². The van der Waals surface area contributed by atoms with Gasteiger partial charge in [0.2, 0.25) is 11.9 Å². The lowest BCUT2D eigenvalue weighted by atomic mass is 10.1. The van der Waals surface area contributed by atoms with Gasteiger partial charge in [-0.25, -0.2) is 4.39 Å². The number of rotatable bonds is 5. The fraction of sp³-hybridized carbons (Fsp3) is 0.412. The van der Waals surface area contributed by atoms with Gasteiger partial charge in [0.05, 0.1) is 12.0 Å². The zero-order valence-electron chi connectivity index (χ0n) is 14.7. The number of H-pyrrole nitrogens is 1. The molecule has 10 heteroatoms. The van der Waals surface area contributed by atoms with Gasteiger partial charge in [-0.05, 0) is 43.9 Å². The first-order valence-corrected chi connectivity index (χ1v) is 9.35. The Balaban J connectivity index is 1.63. The Kier molecular flexibility index (Phi) is 5.73. The predicted molar refractivity (Wildman–Crippen MR) is 100 cm³/mol. The Morgan fingerprint density at radius 2 is 2.04 bits per heavy atom. The number of hydrogen-bond acceptors (Lipinski definition) is 5. The summed E-state index contributed by atoms with van der Waals surface area (Å²) < 4.78 is 14.8. The minimum atomic E-state index is -0.583.